The van der Waals surface area contributed by atoms with Gasteiger partial charge in [-0.3, -0.25) is 0 Å². The van der Waals surface area contributed by atoms with Crippen LogP contribution >= 0.6 is 0 Å². The fourth-order valence-corrected chi connectivity index (χ4v) is 2.92. The first-order valence-electron chi connectivity index (χ1n) is 8.28. The zero-order valence-corrected chi connectivity index (χ0v) is 15.1. The minimum absolute atomic E-state index is 0.114. The number of hydrogen-bond donors (Lipinski definition) is 0. The third kappa shape index (κ3) is 4.69. The zero-order chi connectivity index (χ0) is 17.0. The largest absolute Gasteiger partial charge is 0.0992 e. The average Bonchev–Trinajstić information content (AvgIpc) is 2.47. The smallest absolute Gasteiger partial charge is 0.0296 e. The molecule has 23 heavy (non-hydrogen) atoms. The van der Waals surface area contributed by atoms with E-state index in [0.29, 0.717) is 0 Å². The van der Waals surface area contributed by atoms with Crippen LogP contribution in [0.2, 0.25) is 0 Å². The molecule has 2 aromatic rings. The molecule has 0 nitrogen and oxygen atoms in total. The van der Waals surface area contributed by atoms with Gasteiger partial charge in [-0.15, -0.1) is 0 Å². The Hall–Kier alpha value is -2.08. The van der Waals surface area contributed by atoms with Crippen molar-refractivity contribution in [1.29, 1.82) is 0 Å². The van der Waals surface area contributed by atoms with Crippen molar-refractivity contribution in [3.05, 3.63) is 89.5 Å². The van der Waals surface area contributed by atoms with Crippen LogP contribution in [0.5, 0.6) is 0 Å². The van der Waals surface area contributed by atoms with E-state index in [2.05, 4.69) is 102 Å². The molecule has 2 aromatic carbocycles. The fourth-order valence-electron chi connectivity index (χ4n) is 2.92. The van der Waals surface area contributed by atoms with Crippen LogP contribution in [0.3, 0.4) is 0 Å². The molecular weight excluding hydrogens is 276 g/mol. The van der Waals surface area contributed by atoms with Gasteiger partial charge in [-0.2, -0.15) is 0 Å². The van der Waals surface area contributed by atoms with Crippen LogP contribution in [-0.2, 0) is 0 Å². The molecule has 120 valence electrons. The third-order valence-electron chi connectivity index (χ3n) is 3.91. The predicted molar refractivity (Wildman–Crippen MR) is 103 cm³/mol. The summed E-state index contributed by atoms with van der Waals surface area (Å²) in [6, 6.07) is 19.5. The van der Waals surface area contributed by atoms with Crippen molar-refractivity contribution in [2.24, 2.45) is 5.41 Å². The quantitative estimate of drug-likeness (QED) is 0.546. The minimum Gasteiger partial charge on any atom is -0.0992 e. The van der Waals surface area contributed by atoms with Gasteiger partial charge in [-0.25, -0.2) is 0 Å². The van der Waals surface area contributed by atoms with Crippen molar-refractivity contribution in [2.45, 2.75) is 40.5 Å². The highest BCUT2D eigenvalue weighted by atomic mass is 14.3. The molecule has 0 heterocycles. The molecule has 0 radical (unpaired) electrons. The minimum atomic E-state index is 0.114. The predicted octanol–water partition coefficient (Wildman–Crippen LogP) is 6.78. The van der Waals surface area contributed by atoms with E-state index in [0.717, 1.165) is 0 Å². The molecule has 0 amide bonds. The van der Waals surface area contributed by atoms with Crippen molar-refractivity contribution < 1.29 is 0 Å². The summed E-state index contributed by atoms with van der Waals surface area (Å²) in [6.45, 7) is 15.3. The summed E-state index contributed by atoms with van der Waals surface area (Å²) < 4.78 is 0. The van der Waals surface area contributed by atoms with Gasteiger partial charge in [0.05, 0.1) is 0 Å². The Bertz CT molecular complexity index is 679. The lowest BCUT2D eigenvalue weighted by molar-refractivity contribution is 0.544. The maximum Gasteiger partial charge on any atom is 0.0296 e. The van der Waals surface area contributed by atoms with Gasteiger partial charge in [-0.1, -0.05) is 99.2 Å². The highest BCUT2D eigenvalue weighted by Gasteiger charge is 2.21. The maximum absolute atomic E-state index is 4.28. The zero-order valence-electron chi connectivity index (χ0n) is 15.1. The Balaban J connectivity index is 2.61. The van der Waals surface area contributed by atoms with Gasteiger partial charge in [0.1, 0.15) is 0 Å². The Labute approximate surface area is 141 Å². The van der Waals surface area contributed by atoms with E-state index in [9.17, 15) is 0 Å². The Kier molecular flexibility index (Phi) is 5.26. The van der Waals surface area contributed by atoms with E-state index in [1.54, 1.807) is 0 Å². The lowest BCUT2D eigenvalue weighted by Crippen LogP contribution is -2.08. The second kappa shape index (κ2) is 7.00. The van der Waals surface area contributed by atoms with Gasteiger partial charge in [0, 0.05) is 5.92 Å². The SMILES string of the molecule is C=C(C)[C@@H](/C(=C/C(C)(C)C)c1ccc(C)cc1)c1ccccc1. The fraction of sp³-hybridized carbons (Fsp3) is 0.304. The van der Waals surface area contributed by atoms with Crippen molar-refractivity contribution in [3.63, 3.8) is 0 Å². The summed E-state index contributed by atoms with van der Waals surface area (Å²) in [5.74, 6) is 0.220. The first-order valence-corrected chi connectivity index (χ1v) is 8.28. The molecule has 0 aliphatic rings. The van der Waals surface area contributed by atoms with E-state index >= 15 is 0 Å². The molecule has 0 N–H and O–H groups in total. The standard InChI is InChI=1S/C23H28/c1-17(2)22(20-10-8-7-9-11-20)21(16-23(4,5)6)19-14-12-18(3)13-15-19/h7-16,22H,1H2,2-6H3/b21-16+/t22-/m1/s1. The Morgan fingerprint density at radius 2 is 1.52 bits per heavy atom. The summed E-state index contributed by atoms with van der Waals surface area (Å²) >= 11 is 0. The van der Waals surface area contributed by atoms with E-state index < -0.39 is 0 Å². The van der Waals surface area contributed by atoms with Crippen molar-refractivity contribution in [3.8, 4) is 0 Å². The van der Waals surface area contributed by atoms with E-state index in [1.165, 1.54) is 27.8 Å². The number of allylic oxidation sites excluding steroid dienone is 3. The van der Waals surface area contributed by atoms with Crippen LogP contribution in [0, 0.1) is 12.3 Å². The molecule has 0 aliphatic carbocycles. The van der Waals surface area contributed by atoms with E-state index in [1.807, 2.05) is 0 Å². The van der Waals surface area contributed by atoms with Crippen molar-refractivity contribution >= 4 is 5.57 Å². The average molecular weight is 304 g/mol. The van der Waals surface area contributed by atoms with Gasteiger partial charge in [0.2, 0.25) is 0 Å². The van der Waals surface area contributed by atoms with Gasteiger partial charge < -0.3 is 0 Å². The van der Waals surface area contributed by atoms with Crippen LogP contribution in [-0.4, -0.2) is 0 Å². The molecule has 0 aliphatic heterocycles. The summed E-state index contributed by atoms with van der Waals surface area (Å²) in [5.41, 5.74) is 6.50. The number of aryl methyl sites for hydroxylation is 1. The topological polar surface area (TPSA) is 0 Å². The molecule has 0 bridgehead atoms. The van der Waals surface area contributed by atoms with Gasteiger partial charge in [-0.05, 0) is 36.0 Å². The molecule has 0 heteroatoms. The number of benzene rings is 2. The summed E-state index contributed by atoms with van der Waals surface area (Å²) in [5, 5.41) is 0. The van der Waals surface area contributed by atoms with Crippen LogP contribution in [0.1, 0.15) is 50.3 Å². The third-order valence-corrected chi connectivity index (χ3v) is 3.91. The number of hydrogen-bond acceptors (Lipinski definition) is 0. The molecule has 2 rings (SSSR count). The van der Waals surface area contributed by atoms with Crippen LogP contribution in [0.15, 0.2) is 72.8 Å². The highest BCUT2D eigenvalue weighted by molar-refractivity contribution is 5.75. The van der Waals surface area contributed by atoms with E-state index in [-0.39, 0.29) is 11.3 Å². The van der Waals surface area contributed by atoms with Crippen LogP contribution < -0.4 is 0 Å². The molecular formula is C23H28. The summed E-state index contributed by atoms with van der Waals surface area (Å²) in [6.07, 6.45) is 2.39. The summed E-state index contributed by atoms with van der Waals surface area (Å²) in [7, 11) is 0. The molecule has 0 saturated carbocycles. The molecule has 0 saturated heterocycles. The molecule has 0 spiro atoms. The lowest BCUT2D eigenvalue weighted by Gasteiger charge is -2.26. The lowest BCUT2D eigenvalue weighted by atomic mass is 9.78. The van der Waals surface area contributed by atoms with Gasteiger partial charge in [0.15, 0.2) is 0 Å². The highest BCUT2D eigenvalue weighted by Crippen LogP contribution is 2.39. The molecule has 0 aromatic heterocycles. The van der Waals surface area contributed by atoms with E-state index in [4.69, 9.17) is 0 Å². The second-order valence-corrected chi connectivity index (χ2v) is 7.52. The van der Waals surface area contributed by atoms with Gasteiger partial charge >= 0.3 is 0 Å². The normalized spacial score (nSPS) is 13.7. The van der Waals surface area contributed by atoms with Crippen LogP contribution in [0.4, 0.5) is 0 Å². The van der Waals surface area contributed by atoms with Crippen molar-refractivity contribution in [1.82, 2.24) is 0 Å². The Morgan fingerprint density at radius 3 is 2.00 bits per heavy atom. The monoisotopic (exact) mass is 304 g/mol. The molecule has 0 fully saturated rings. The Morgan fingerprint density at radius 1 is 0.957 bits per heavy atom. The van der Waals surface area contributed by atoms with Gasteiger partial charge in [0.25, 0.3) is 0 Å². The first-order chi connectivity index (χ1) is 10.8. The van der Waals surface area contributed by atoms with Crippen LogP contribution in [0.25, 0.3) is 5.57 Å². The molecule has 0 unspecified atom stereocenters. The van der Waals surface area contributed by atoms with Crippen molar-refractivity contribution in [2.75, 3.05) is 0 Å². The first kappa shape index (κ1) is 17.3. The molecule has 1 atom stereocenters. The number of rotatable bonds is 4. The summed E-state index contributed by atoms with van der Waals surface area (Å²) in [4.78, 5) is 0. The second-order valence-electron chi connectivity index (χ2n) is 7.52. The maximum atomic E-state index is 4.28.